The van der Waals surface area contributed by atoms with Crippen LogP contribution in [-0.4, -0.2) is 10.2 Å². The lowest BCUT2D eigenvalue weighted by Crippen LogP contribution is -1.86. The van der Waals surface area contributed by atoms with Crippen molar-refractivity contribution in [3.63, 3.8) is 0 Å². The van der Waals surface area contributed by atoms with E-state index in [0.717, 1.165) is 0 Å². The molecule has 0 bridgehead atoms. The molecule has 0 radical (unpaired) electrons. The number of benzene rings is 2. The Morgan fingerprint density at radius 3 is 1.44 bits per heavy atom. The van der Waals surface area contributed by atoms with Gasteiger partial charge in [0.05, 0.1) is 25.5 Å². The monoisotopic (exact) mass is 364 g/mol. The molecule has 0 fully saturated rings. The predicted molar refractivity (Wildman–Crippen MR) is 77.3 cm³/mol. The third-order valence-electron chi connectivity index (χ3n) is 2.35. The van der Waals surface area contributed by atoms with Gasteiger partial charge in [-0.15, -0.1) is 0 Å². The van der Waals surface area contributed by atoms with Crippen molar-refractivity contribution >= 4 is 80.4 Å². The first-order valence-electron chi connectivity index (χ1n) is 4.33. The largest absolute Gasteiger partial charge is 0.506 e. The van der Waals surface area contributed by atoms with Crippen LogP contribution in [0, 0.1) is 0 Å². The second-order valence-electron chi connectivity index (χ2n) is 3.33. The quantitative estimate of drug-likeness (QED) is 0.432. The van der Waals surface area contributed by atoms with Gasteiger partial charge in [-0.05, 0) is 0 Å². The zero-order chi connectivity index (χ0) is 13.8. The van der Waals surface area contributed by atoms with Crippen LogP contribution >= 0.6 is 69.6 Å². The van der Waals surface area contributed by atoms with Gasteiger partial charge in [0.2, 0.25) is 0 Å². The van der Waals surface area contributed by atoms with E-state index in [9.17, 15) is 10.2 Å². The van der Waals surface area contributed by atoms with E-state index in [1.54, 1.807) is 0 Å². The highest BCUT2D eigenvalue weighted by molar-refractivity contribution is 6.56. The molecule has 0 aliphatic carbocycles. The summed E-state index contributed by atoms with van der Waals surface area (Å²) in [6.45, 7) is 0. The average molecular weight is 367 g/mol. The molecule has 2 rings (SSSR count). The zero-order valence-corrected chi connectivity index (χ0v) is 12.7. The SMILES string of the molecule is Oc1c(Cl)c(Cl)c2c(Cl)c(Cl)c(Cl)c(O)c2c1Cl. The molecule has 0 saturated heterocycles. The third kappa shape index (κ3) is 1.87. The van der Waals surface area contributed by atoms with Crippen molar-refractivity contribution < 1.29 is 10.2 Å². The topological polar surface area (TPSA) is 40.5 Å². The maximum absolute atomic E-state index is 9.91. The van der Waals surface area contributed by atoms with Crippen molar-refractivity contribution in [2.45, 2.75) is 0 Å². The van der Waals surface area contributed by atoms with Crippen LogP contribution in [0.25, 0.3) is 10.8 Å². The summed E-state index contributed by atoms with van der Waals surface area (Å²) in [7, 11) is 0. The van der Waals surface area contributed by atoms with E-state index in [2.05, 4.69) is 0 Å². The number of aromatic hydroxyl groups is 2. The molecule has 2 N–H and O–H groups in total. The molecule has 18 heavy (non-hydrogen) atoms. The molecule has 2 aromatic rings. The Hall–Kier alpha value is 0.0400. The number of phenols is 2. The smallest absolute Gasteiger partial charge is 0.155 e. The number of rotatable bonds is 0. The fraction of sp³-hybridized carbons (Fsp3) is 0. The van der Waals surface area contributed by atoms with E-state index < -0.39 is 11.5 Å². The summed E-state index contributed by atoms with van der Waals surface area (Å²) in [6, 6.07) is 0. The molecule has 0 spiro atoms. The number of phenolic OH excluding ortho intramolecular Hbond substituents is 2. The van der Waals surface area contributed by atoms with Crippen LogP contribution in [0.5, 0.6) is 11.5 Å². The third-order valence-corrected chi connectivity index (χ3v) is 4.88. The van der Waals surface area contributed by atoms with Gasteiger partial charge in [0.1, 0.15) is 15.8 Å². The summed E-state index contributed by atoms with van der Waals surface area (Å²) >= 11 is 35.3. The molecule has 2 nitrogen and oxygen atoms in total. The van der Waals surface area contributed by atoms with Gasteiger partial charge in [-0.25, -0.2) is 0 Å². The fourth-order valence-corrected chi connectivity index (χ4v) is 3.04. The number of halogens is 6. The Bertz CT molecular complexity index is 569. The number of hydrogen-bond acceptors (Lipinski definition) is 2. The number of fused-ring (bicyclic) bond motifs is 1. The van der Waals surface area contributed by atoms with Crippen molar-refractivity contribution in [1.82, 2.24) is 0 Å². The van der Waals surface area contributed by atoms with Crippen molar-refractivity contribution in [3.8, 4) is 11.5 Å². The summed E-state index contributed by atoms with van der Waals surface area (Å²) in [5.41, 5.74) is 0. The van der Waals surface area contributed by atoms with Crippen LogP contribution in [0.2, 0.25) is 30.1 Å². The molecular formula is C10H2Cl6O2. The second kappa shape index (κ2) is 4.86. The molecule has 0 amide bonds. The van der Waals surface area contributed by atoms with Gasteiger partial charge in [-0.1, -0.05) is 69.6 Å². The van der Waals surface area contributed by atoms with E-state index in [-0.39, 0.29) is 40.9 Å². The summed E-state index contributed by atoms with van der Waals surface area (Å²) in [5.74, 6) is -0.902. The zero-order valence-electron chi connectivity index (χ0n) is 8.16. The van der Waals surface area contributed by atoms with Gasteiger partial charge in [-0.2, -0.15) is 0 Å². The number of hydrogen-bond donors (Lipinski definition) is 2. The first-order chi connectivity index (χ1) is 8.29. The molecule has 0 atom stereocenters. The van der Waals surface area contributed by atoms with Crippen LogP contribution in [0.1, 0.15) is 0 Å². The normalized spacial score (nSPS) is 11.2. The van der Waals surface area contributed by atoms with Crippen molar-refractivity contribution in [3.05, 3.63) is 30.1 Å². The molecule has 0 heterocycles. The van der Waals surface area contributed by atoms with Crippen LogP contribution in [0.4, 0.5) is 0 Å². The van der Waals surface area contributed by atoms with E-state index in [0.29, 0.717) is 0 Å². The van der Waals surface area contributed by atoms with Gasteiger partial charge in [0, 0.05) is 5.39 Å². The molecule has 0 saturated carbocycles. The molecule has 0 aliphatic heterocycles. The highest BCUT2D eigenvalue weighted by Gasteiger charge is 2.24. The lowest BCUT2D eigenvalue weighted by atomic mass is 10.1. The van der Waals surface area contributed by atoms with Crippen LogP contribution < -0.4 is 0 Å². The minimum atomic E-state index is -0.472. The lowest BCUT2D eigenvalue weighted by molar-refractivity contribution is 0.472. The van der Waals surface area contributed by atoms with Crippen molar-refractivity contribution in [2.24, 2.45) is 0 Å². The van der Waals surface area contributed by atoms with Crippen LogP contribution in [-0.2, 0) is 0 Å². The summed E-state index contributed by atoms with van der Waals surface area (Å²) in [4.78, 5) is 0. The van der Waals surface area contributed by atoms with Crippen molar-refractivity contribution in [2.75, 3.05) is 0 Å². The molecule has 0 unspecified atom stereocenters. The standard InChI is InChI=1S/C10H2Cl6O2/c11-3-1-2(9(17)8(16)6(3)14)5(13)10(18)7(15)4(1)12/h17-18H. The highest BCUT2D eigenvalue weighted by atomic mass is 35.5. The van der Waals surface area contributed by atoms with Gasteiger partial charge < -0.3 is 10.2 Å². The molecule has 8 heteroatoms. The van der Waals surface area contributed by atoms with Crippen molar-refractivity contribution in [1.29, 1.82) is 0 Å². The predicted octanol–water partition coefficient (Wildman–Crippen LogP) is 6.17. The lowest BCUT2D eigenvalue weighted by Gasteiger charge is -2.13. The van der Waals surface area contributed by atoms with Crippen LogP contribution in [0.3, 0.4) is 0 Å². The fourth-order valence-electron chi connectivity index (χ4n) is 1.50. The molecule has 0 aliphatic rings. The van der Waals surface area contributed by atoms with Gasteiger partial charge >= 0.3 is 0 Å². The Balaban J connectivity index is 3.22. The second-order valence-corrected chi connectivity index (χ2v) is 5.60. The molecule has 2 aromatic carbocycles. The molecular weight excluding hydrogens is 365 g/mol. The average Bonchev–Trinajstić information content (AvgIpc) is 2.35. The van der Waals surface area contributed by atoms with E-state index >= 15 is 0 Å². The van der Waals surface area contributed by atoms with Gasteiger partial charge in [0.25, 0.3) is 0 Å². The van der Waals surface area contributed by atoms with E-state index in [1.807, 2.05) is 0 Å². The highest BCUT2D eigenvalue weighted by Crippen LogP contribution is 2.53. The Kier molecular flexibility index (Phi) is 3.90. The Morgan fingerprint density at radius 1 is 0.444 bits per heavy atom. The molecule has 96 valence electrons. The van der Waals surface area contributed by atoms with Gasteiger partial charge in [0.15, 0.2) is 5.75 Å². The van der Waals surface area contributed by atoms with E-state index in [1.165, 1.54) is 0 Å². The summed E-state index contributed by atoms with van der Waals surface area (Å²) < 4.78 is 0. The first-order valence-corrected chi connectivity index (χ1v) is 6.60. The first kappa shape index (κ1) is 14.4. The Morgan fingerprint density at radius 2 is 0.889 bits per heavy atom. The van der Waals surface area contributed by atoms with E-state index in [4.69, 9.17) is 69.6 Å². The Labute approximate surface area is 132 Å². The van der Waals surface area contributed by atoms with Gasteiger partial charge in [-0.3, -0.25) is 0 Å². The minimum absolute atomic E-state index is 0.0109. The maximum atomic E-state index is 9.91. The maximum Gasteiger partial charge on any atom is 0.155 e. The molecule has 0 aromatic heterocycles. The van der Waals surface area contributed by atoms with Crippen LogP contribution in [0.15, 0.2) is 0 Å². The minimum Gasteiger partial charge on any atom is -0.506 e. The summed E-state index contributed by atoms with van der Waals surface area (Å²) in [6.07, 6.45) is 0. The summed E-state index contributed by atoms with van der Waals surface area (Å²) in [5, 5.41) is 19.0.